The summed E-state index contributed by atoms with van der Waals surface area (Å²) >= 11 is 0. The van der Waals surface area contributed by atoms with Crippen LogP contribution in [0.5, 0.6) is 0 Å². The Morgan fingerprint density at radius 3 is 2.79 bits per heavy atom. The van der Waals surface area contributed by atoms with Gasteiger partial charge < -0.3 is 10.1 Å². The molecule has 0 bridgehead atoms. The molecule has 82 valence electrons. The summed E-state index contributed by atoms with van der Waals surface area (Å²) < 4.78 is 5.05. The lowest BCUT2D eigenvalue weighted by molar-refractivity contribution is 0.242. The summed E-state index contributed by atoms with van der Waals surface area (Å²) in [6.45, 7) is 6.58. The van der Waals surface area contributed by atoms with Crippen molar-refractivity contribution in [3.05, 3.63) is 12.8 Å². The molecule has 0 aliphatic heterocycles. The molecule has 0 aromatic rings. The van der Waals surface area contributed by atoms with Crippen molar-refractivity contribution in [3.63, 3.8) is 0 Å². The second-order valence-electron chi connectivity index (χ2n) is 4.10. The van der Waals surface area contributed by atoms with Gasteiger partial charge in [-0.2, -0.15) is 0 Å². The lowest BCUT2D eigenvalue weighted by atomic mass is 9.89. The van der Waals surface area contributed by atoms with Crippen LogP contribution in [-0.4, -0.2) is 19.7 Å². The Balaban J connectivity index is 1.85. The summed E-state index contributed by atoms with van der Waals surface area (Å²) in [4.78, 5) is 0. The van der Waals surface area contributed by atoms with Crippen molar-refractivity contribution < 1.29 is 4.74 Å². The van der Waals surface area contributed by atoms with Gasteiger partial charge in [0.2, 0.25) is 0 Å². The highest BCUT2D eigenvalue weighted by Gasteiger charge is 2.11. The molecule has 0 aromatic heterocycles. The first-order chi connectivity index (χ1) is 6.93. The molecule has 0 radical (unpaired) electrons. The van der Waals surface area contributed by atoms with Crippen LogP contribution < -0.4 is 5.32 Å². The van der Waals surface area contributed by atoms with Gasteiger partial charge in [0.15, 0.2) is 0 Å². The van der Waals surface area contributed by atoms with Gasteiger partial charge >= 0.3 is 0 Å². The standard InChI is InChI=1S/C12H23NO/c1-2-14-10-6-9-13-11-12-7-4-3-5-8-12/h2,12-13H,1,3-11H2. The number of ether oxygens (including phenoxy) is 1. The van der Waals surface area contributed by atoms with E-state index in [2.05, 4.69) is 11.9 Å². The maximum Gasteiger partial charge on any atom is 0.0885 e. The molecule has 0 aromatic carbocycles. The van der Waals surface area contributed by atoms with Crippen molar-refractivity contribution in [2.75, 3.05) is 19.7 Å². The largest absolute Gasteiger partial charge is 0.502 e. The predicted octanol–water partition coefficient (Wildman–Crippen LogP) is 2.71. The van der Waals surface area contributed by atoms with E-state index in [9.17, 15) is 0 Å². The summed E-state index contributed by atoms with van der Waals surface area (Å²) in [6, 6.07) is 0. The molecule has 0 heterocycles. The van der Waals surface area contributed by atoms with Crippen molar-refractivity contribution in [2.45, 2.75) is 38.5 Å². The lowest BCUT2D eigenvalue weighted by Gasteiger charge is -2.21. The van der Waals surface area contributed by atoms with E-state index in [4.69, 9.17) is 4.74 Å². The van der Waals surface area contributed by atoms with Crippen LogP contribution in [0.3, 0.4) is 0 Å². The number of rotatable bonds is 7. The Hall–Kier alpha value is -0.500. The summed E-state index contributed by atoms with van der Waals surface area (Å²) in [5.74, 6) is 0.934. The predicted molar refractivity (Wildman–Crippen MR) is 60.2 cm³/mol. The van der Waals surface area contributed by atoms with Crippen LogP contribution in [-0.2, 0) is 4.74 Å². The molecule has 2 heteroatoms. The highest BCUT2D eigenvalue weighted by Crippen LogP contribution is 2.22. The number of nitrogens with one attached hydrogen (secondary N) is 1. The fourth-order valence-electron chi connectivity index (χ4n) is 2.06. The maximum atomic E-state index is 5.05. The minimum absolute atomic E-state index is 0.793. The Bertz CT molecular complexity index is 141. The first-order valence-electron chi connectivity index (χ1n) is 5.86. The molecule has 14 heavy (non-hydrogen) atoms. The quantitative estimate of drug-likeness (QED) is 0.500. The molecule has 1 aliphatic rings. The normalized spacial score (nSPS) is 18.0. The fraction of sp³-hybridized carbons (Fsp3) is 0.833. The van der Waals surface area contributed by atoms with Crippen LogP contribution in [0.25, 0.3) is 0 Å². The van der Waals surface area contributed by atoms with Crippen molar-refractivity contribution in [2.24, 2.45) is 5.92 Å². The highest BCUT2D eigenvalue weighted by atomic mass is 16.5. The third-order valence-corrected chi connectivity index (χ3v) is 2.89. The molecular formula is C12H23NO. The Kier molecular flexibility index (Phi) is 6.50. The Morgan fingerprint density at radius 1 is 1.29 bits per heavy atom. The molecule has 1 N–H and O–H groups in total. The van der Waals surface area contributed by atoms with Gasteiger partial charge in [0.1, 0.15) is 0 Å². The van der Waals surface area contributed by atoms with E-state index in [1.54, 1.807) is 0 Å². The topological polar surface area (TPSA) is 21.3 Å². The molecule has 0 amide bonds. The van der Waals surface area contributed by atoms with Crippen LogP contribution in [0.4, 0.5) is 0 Å². The summed E-state index contributed by atoms with van der Waals surface area (Å²) in [7, 11) is 0. The second kappa shape index (κ2) is 7.86. The first kappa shape index (κ1) is 11.6. The summed E-state index contributed by atoms with van der Waals surface area (Å²) in [5, 5.41) is 3.50. The van der Waals surface area contributed by atoms with Gasteiger partial charge in [-0.3, -0.25) is 0 Å². The molecule has 1 fully saturated rings. The van der Waals surface area contributed by atoms with Crippen molar-refractivity contribution in [1.29, 1.82) is 0 Å². The summed E-state index contributed by atoms with van der Waals surface area (Å²) in [5.41, 5.74) is 0. The molecular weight excluding hydrogens is 174 g/mol. The monoisotopic (exact) mass is 197 g/mol. The van der Waals surface area contributed by atoms with Crippen molar-refractivity contribution in [1.82, 2.24) is 5.32 Å². The van der Waals surface area contributed by atoms with Crippen molar-refractivity contribution >= 4 is 0 Å². The number of hydrogen-bond acceptors (Lipinski definition) is 2. The van der Waals surface area contributed by atoms with Crippen LogP contribution in [0, 0.1) is 5.92 Å². The van der Waals surface area contributed by atoms with E-state index in [-0.39, 0.29) is 0 Å². The summed E-state index contributed by atoms with van der Waals surface area (Å²) in [6.07, 6.45) is 9.77. The highest BCUT2D eigenvalue weighted by molar-refractivity contribution is 4.67. The molecule has 0 unspecified atom stereocenters. The maximum absolute atomic E-state index is 5.05. The Morgan fingerprint density at radius 2 is 2.07 bits per heavy atom. The second-order valence-corrected chi connectivity index (χ2v) is 4.10. The average molecular weight is 197 g/mol. The lowest BCUT2D eigenvalue weighted by Crippen LogP contribution is -2.25. The van der Waals surface area contributed by atoms with E-state index in [0.29, 0.717) is 0 Å². The first-order valence-corrected chi connectivity index (χ1v) is 5.86. The average Bonchev–Trinajstić information content (AvgIpc) is 2.25. The smallest absolute Gasteiger partial charge is 0.0885 e. The van der Waals surface area contributed by atoms with E-state index in [1.165, 1.54) is 44.9 Å². The van der Waals surface area contributed by atoms with Gasteiger partial charge in [0, 0.05) is 0 Å². The van der Waals surface area contributed by atoms with Crippen LogP contribution in [0.15, 0.2) is 12.8 Å². The number of hydrogen-bond donors (Lipinski definition) is 1. The molecule has 1 saturated carbocycles. The van der Waals surface area contributed by atoms with Gasteiger partial charge in [-0.1, -0.05) is 25.8 Å². The fourth-order valence-corrected chi connectivity index (χ4v) is 2.06. The van der Waals surface area contributed by atoms with E-state index in [1.807, 2.05) is 0 Å². The minimum Gasteiger partial charge on any atom is -0.502 e. The van der Waals surface area contributed by atoms with Gasteiger partial charge in [-0.15, -0.1) is 0 Å². The van der Waals surface area contributed by atoms with Gasteiger partial charge in [0.05, 0.1) is 12.9 Å². The van der Waals surface area contributed by atoms with E-state index >= 15 is 0 Å². The molecule has 1 rings (SSSR count). The van der Waals surface area contributed by atoms with Crippen molar-refractivity contribution in [3.8, 4) is 0 Å². The van der Waals surface area contributed by atoms with Gasteiger partial charge in [0.25, 0.3) is 0 Å². The van der Waals surface area contributed by atoms with Crippen LogP contribution in [0.2, 0.25) is 0 Å². The molecule has 2 nitrogen and oxygen atoms in total. The minimum atomic E-state index is 0.793. The van der Waals surface area contributed by atoms with Crippen LogP contribution in [0.1, 0.15) is 38.5 Å². The zero-order valence-electron chi connectivity index (χ0n) is 9.13. The van der Waals surface area contributed by atoms with E-state index < -0.39 is 0 Å². The van der Waals surface area contributed by atoms with Gasteiger partial charge in [-0.05, 0) is 38.3 Å². The van der Waals surface area contributed by atoms with Crippen LogP contribution >= 0.6 is 0 Å². The van der Waals surface area contributed by atoms with E-state index in [0.717, 1.165) is 25.5 Å². The molecule has 0 atom stereocenters. The molecule has 1 aliphatic carbocycles. The third kappa shape index (κ3) is 5.28. The zero-order chi connectivity index (χ0) is 10.1. The third-order valence-electron chi connectivity index (χ3n) is 2.89. The zero-order valence-corrected chi connectivity index (χ0v) is 9.13. The van der Waals surface area contributed by atoms with Gasteiger partial charge in [-0.25, -0.2) is 0 Å². The Labute approximate surface area is 87.7 Å². The molecule has 0 saturated heterocycles. The SMILES string of the molecule is C=COCCCNCC1CCCCC1. The molecule has 0 spiro atoms.